The van der Waals surface area contributed by atoms with Gasteiger partial charge >= 0.3 is 0 Å². The second-order valence-corrected chi connectivity index (χ2v) is 3.93. The Morgan fingerprint density at radius 3 is 2.72 bits per heavy atom. The molecule has 0 aliphatic carbocycles. The Hall–Kier alpha value is -2.62. The molecule has 4 heteroatoms. The summed E-state index contributed by atoms with van der Waals surface area (Å²) in [6.45, 7) is 0. The van der Waals surface area contributed by atoms with Crippen molar-refractivity contribution in [2.75, 3.05) is 5.32 Å². The third kappa shape index (κ3) is 1.96. The summed E-state index contributed by atoms with van der Waals surface area (Å²) >= 11 is 0. The fourth-order valence-electron chi connectivity index (χ4n) is 1.78. The molecule has 2 heterocycles. The van der Waals surface area contributed by atoms with E-state index >= 15 is 0 Å². The first-order valence-electron chi connectivity index (χ1n) is 5.63. The molecule has 18 heavy (non-hydrogen) atoms. The summed E-state index contributed by atoms with van der Waals surface area (Å²) in [5.41, 5.74) is 1.38. The molecule has 0 fully saturated rings. The second kappa shape index (κ2) is 4.33. The SMILES string of the molecule is O=C(Nc1ccc2cc[nH]c2n1)c1ccccc1. The Kier molecular flexibility index (Phi) is 2.53. The predicted molar refractivity (Wildman–Crippen MR) is 70.5 cm³/mol. The van der Waals surface area contributed by atoms with Gasteiger partial charge in [-0.05, 0) is 30.3 Å². The molecule has 1 amide bonds. The van der Waals surface area contributed by atoms with E-state index in [1.165, 1.54) is 0 Å². The summed E-state index contributed by atoms with van der Waals surface area (Å²) in [6, 6.07) is 14.7. The Balaban J connectivity index is 1.86. The molecule has 0 spiro atoms. The third-order valence-electron chi connectivity index (χ3n) is 2.69. The number of nitrogens with zero attached hydrogens (tertiary/aromatic N) is 1. The standard InChI is InChI=1S/C14H11N3O/c18-14(11-4-2-1-3-5-11)17-12-7-6-10-8-9-15-13(10)16-12/h1-9H,(H2,15,16,17,18). The van der Waals surface area contributed by atoms with Gasteiger partial charge in [0.2, 0.25) is 0 Å². The number of pyridine rings is 1. The van der Waals surface area contributed by atoms with Crippen LogP contribution in [-0.2, 0) is 0 Å². The summed E-state index contributed by atoms with van der Waals surface area (Å²) in [6.07, 6.45) is 1.82. The van der Waals surface area contributed by atoms with E-state index in [2.05, 4.69) is 15.3 Å². The minimum atomic E-state index is -0.158. The van der Waals surface area contributed by atoms with E-state index in [4.69, 9.17) is 0 Å². The highest BCUT2D eigenvalue weighted by Gasteiger charge is 2.06. The van der Waals surface area contributed by atoms with E-state index in [0.29, 0.717) is 11.4 Å². The molecule has 2 N–H and O–H groups in total. The molecule has 3 aromatic rings. The first kappa shape index (κ1) is 10.5. The molecule has 3 rings (SSSR count). The van der Waals surface area contributed by atoms with Crippen molar-refractivity contribution < 1.29 is 4.79 Å². The number of hydrogen-bond acceptors (Lipinski definition) is 2. The minimum Gasteiger partial charge on any atom is -0.346 e. The van der Waals surface area contributed by atoms with Crippen LogP contribution in [-0.4, -0.2) is 15.9 Å². The summed E-state index contributed by atoms with van der Waals surface area (Å²) < 4.78 is 0. The van der Waals surface area contributed by atoms with Crippen molar-refractivity contribution in [1.82, 2.24) is 9.97 Å². The van der Waals surface area contributed by atoms with Crippen LogP contribution in [0.4, 0.5) is 5.82 Å². The average molecular weight is 237 g/mol. The fraction of sp³-hybridized carbons (Fsp3) is 0. The number of fused-ring (bicyclic) bond motifs is 1. The molecule has 88 valence electrons. The van der Waals surface area contributed by atoms with Crippen molar-refractivity contribution in [2.45, 2.75) is 0 Å². The molecular weight excluding hydrogens is 226 g/mol. The number of aromatic nitrogens is 2. The Bertz CT molecular complexity index is 688. The van der Waals surface area contributed by atoms with Crippen LogP contribution in [0.2, 0.25) is 0 Å². The summed E-state index contributed by atoms with van der Waals surface area (Å²) in [5, 5.41) is 3.79. The van der Waals surface area contributed by atoms with E-state index in [1.807, 2.05) is 36.5 Å². The second-order valence-electron chi connectivity index (χ2n) is 3.93. The van der Waals surface area contributed by atoms with Crippen molar-refractivity contribution in [2.24, 2.45) is 0 Å². The molecule has 0 saturated carbocycles. The summed E-state index contributed by atoms with van der Waals surface area (Å²) in [7, 11) is 0. The van der Waals surface area contributed by atoms with Gasteiger partial charge in [0.25, 0.3) is 5.91 Å². The molecule has 0 saturated heterocycles. The van der Waals surface area contributed by atoms with Gasteiger partial charge in [0.05, 0.1) is 0 Å². The number of carbonyl (C=O) groups is 1. The molecule has 0 unspecified atom stereocenters. The number of H-pyrrole nitrogens is 1. The van der Waals surface area contributed by atoms with Crippen molar-refractivity contribution >= 4 is 22.8 Å². The lowest BCUT2D eigenvalue weighted by molar-refractivity contribution is 0.102. The van der Waals surface area contributed by atoms with Crippen LogP contribution in [0.5, 0.6) is 0 Å². The molecule has 0 aliphatic heterocycles. The highest BCUT2D eigenvalue weighted by Crippen LogP contribution is 2.14. The topological polar surface area (TPSA) is 57.8 Å². The number of nitrogens with one attached hydrogen (secondary N) is 2. The van der Waals surface area contributed by atoms with E-state index < -0.39 is 0 Å². The van der Waals surface area contributed by atoms with Crippen molar-refractivity contribution in [3.05, 3.63) is 60.3 Å². The summed E-state index contributed by atoms with van der Waals surface area (Å²) in [4.78, 5) is 19.3. The lowest BCUT2D eigenvalue weighted by Gasteiger charge is -2.04. The van der Waals surface area contributed by atoms with Crippen LogP contribution in [0.25, 0.3) is 11.0 Å². The van der Waals surface area contributed by atoms with Crippen molar-refractivity contribution in [1.29, 1.82) is 0 Å². The van der Waals surface area contributed by atoms with Crippen LogP contribution in [0.15, 0.2) is 54.7 Å². The normalized spacial score (nSPS) is 10.4. The van der Waals surface area contributed by atoms with Crippen molar-refractivity contribution in [3.8, 4) is 0 Å². The number of carbonyl (C=O) groups excluding carboxylic acids is 1. The first-order valence-corrected chi connectivity index (χ1v) is 5.63. The average Bonchev–Trinajstić information content (AvgIpc) is 2.87. The number of hydrogen-bond donors (Lipinski definition) is 2. The Morgan fingerprint density at radius 1 is 1.06 bits per heavy atom. The third-order valence-corrected chi connectivity index (χ3v) is 2.69. The molecule has 0 radical (unpaired) electrons. The van der Waals surface area contributed by atoms with E-state index in [-0.39, 0.29) is 5.91 Å². The Morgan fingerprint density at radius 2 is 1.89 bits per heavy atom. The molecule has 2 aromatic heterocycles. The molecular formula is C14H11N3O. The molecule has 0 bridgehead atoms. The maximum Gasteiger partial charge on any atom is 0.256 e. The van der Waals surface area contributed by atoms with E-state index in [1.54, 1.807) is 18.2 Å². The zero-order valence-corrected chi connectivity index (χ0v) is 9.55. The van der Waals surface area contributed by atoms with E-state index in [9.17, 15) is 4.79 Å². The van der Waals surface area contributed by atoms with Crippen LogP contribution >= 0.6 is 0 Å². The molecule has 4 nitrogen and oxygen atoms in total. The maximum atomic E-state index is 11.9. The number of rotatable bonds is 2. The smallest absolute Gasteiger partial charge is 0.256 e. The quantitative estimate of drug-likeness (QED) is 0.720. The van der Waals surface area contributed by atoms with Gasteiger partial charge < -0.3 is 10.3 Å². The van der Waals surface area contributed by atoms with Gasteiger partial charge in [-0.2, -0.15) is 0 Å². The van der Waals surface area contributed by atoms with Gasteiger partial charge in [0, 0.05) is 17.1 Å². The zero-order chi connectivity index (χ0) is 12.4. The maximum absolute atomic E-state index is 11.9. The fourth-order valence-corrected chi connectivity index (χ4v) is 1.78. The van der Waals surface area contributed by atoms with Crippen LogP contribution < -0.4 is 5.32 Å². The molecule has 1 aromatic carbocycles. The largest absolute Gasteiger partial charge is 0.346 e. The van der Waals surface area contributed by atoms with Crippen molar-refractivity contribution in [3.63, 3.8) is 0 Å². The predicted octanol–water partition coefficient (Wildman–Crippen LogP) is 2.82. The van der Waals surface area contributed by atoms with Gasteiger partial charge in [0.1, 0.15) is 11.5 Å². The first-order chi connectivity index (χ1) is 8.83. The van der Waals surface area contributed by atoms with Gasteiger partial charge in [-0.25, -0.2) is 4.98 Å². The number of amides is 1. The molecule has 0 atom stereocenters. The monoisotopic (exact) mass is 237 g/mol. The highest BCUT2D eigenvalue weighted by atomic mass is 16.1. The van der Waals surface area contributed by atoms with Gasteiger partial charge in [0.15, 0.2) is 0 Å². The highest BCUT2D eigenvalue weighted by molar-refractivity contribution is 6.04. The van der Waals surface area contributed by atoms with Crippen LogP contribution in [0.1, 0.15) is 10.4 Å². The number of benzene rings is 1. The molecule has 0 aliphatic rings. The van der Waals surface area contributed by atoms with Gasteiger partial charge in [-0.15, -0.1) is 0 Å². The van der Waals surface area contributed by atoms with Gasteiger partial charge in [-0.1, -0.05) is 18.2 Å². The lowest BCUT2D eigenvalue weighted by Crippen LogP contribution is -2.12. The summed E-state index contributed by atoms with van der Waals surface area (Å²) in [5.74, 6) is 0.382. The zero-order valence-electron chi connectivity index (χ0n) is 9.55. The number of anilines is 1. The number of aromatic amines is 1. The van der Waals surface area contributed by atoms with Crippen LogP contribution in [0, 0.1) is 0 Å². The minimum absolute atomic E-state index is 0.158. The lowest BCUT2D eigenvalue weighted by atomic mass is 10.2. The van der Waals surface area contributed by atoms with Gasteiger partial charge in [-0.3, -0.25) is 4.79 Å². The Labute approximate surface area is 104 Å². The van der Waals surface area contributed by atoms with E-state index in [0.717, 1.165) is 11.0 Å². The van der Waals surface area contributed by atoms with Crippen LogP contribution in [0.3, 0.4) is 0 Å².